The first-order valence-corrected chi connectivity index (χ1v) is 5.90. The van der Waals surface area contributed by atoms with Gasteiger partial charge in [0.05, 0.1) is 19.8 Å². The molecule has 0 heterocycles. The van der Waals surface area contributed by atoms with Crippen LogP contribution in [0.15, 0.2) is 12.1 Å². The third-order valence-electron chi connectivity index (χ3n) is 2.70. The summed E-state index contributed by atoms with van der Waals surface area (Å²) in [6, 6.07) is 3.13. The molecule has 0 saturated carbocycles. The van der Waals surface area contributed by atoms with E-state index in [0.29, 0.717) is 22.6 Å². The minimum Gasteiger partial charge on any atom is -0.496 e. The summed E-state index contributed by atoms with van der Waals surface area (Å²) in [4.78, 5) is 10.7. The molecular formula is C14H14F3NO3. The van der Waals surface area contributed by atoms with Gasteiger partial charge in [-0.25, -0.2) is 0 Å². The fourth-order valence-corrected chi connectivity index (χ4v) is 1.68. The Morgan fingerprint density at radius 2 is 1.90 bits per heavy atom. The quantitative estimate of drug-likeness (QED) is 0.845. The smallest absolute Gasteiger partial charge is 0.471 e. The van der Waals surface area contributed by atoms with Gasteiger partial charge in [0.2, 0.25) is 0 Å². The zero-order valence-electron chi connectivity index (χ0n) is 11.5. The van der Waals surface area contributed by atoms with Crippen LogP contribution in [0.3, 0.4) is 0 Å². The van der Waals surface area contributed by atoms with Gasteiger partial charge in [0.25, 0.3) is 0 Å². The molecule has 0 bridgehead atoms. The lowest BCUT2D eigenvalue weighted by atomic mass is 10.1. The summed E-state index contributed by atoms with van der Waals surface area (Å²) in [6.07, 6.45) is 0.571. The predicted octanol–water partition coefficient (Wildman–Crippen LogP) is 1.91. The van der Waals surface area contributed by atoms with Crippen molar-refractivity contribution in [3.63, 3.8) is 0 Å². The lowest BCUT2D eigenvalue weighted by Gasteiger charge is -2.13. The van der Waals surface area contributed by atoms with E-state index in [2.05, 4.69) is 5.92 Å². The van der Waals surface area contributed by atoms with Crippen LogP contribution in [-0.4, -0.2) is 32.8 Å². The highest BCUT2D eigenvalue weighted by molar-refractivity contribution is 5.81. The Kier molecular flexibility index (Phi) is 5.47. The maximum atomic E-state index is 12.1. The molecule has 0 aliphatic heterocycles. The summed E-state index contributed by atoms with van der Waals surface area (Å²) in [6.45, 7) is -0.187. The molecule has 1 rings (SSSR count). The van der Waals surface area contributed by atoms with E-state index in [0.717, 1.165) is 0 Å². The topological polar surface area (TPSA) is 47.6 Å². The Morgan fingerprint density at radius 1 is 1.29 bits per heavy atom. The van der Waals surface area contributed by atoms with Gasteiger partial charge in [-0.15, -0.1) is 6.42 Å². The lowest BCUT2D eigenvalue weighted by Crippen LogP contribution is -2.37. The fraction of sp³-hybridized carbons (Fsp3) is 0.357. The van der Waals surface area contributed by atoms with Gasteiger partial charge in [0, 0.05) is 6.54 Å². The molecule has 0 fully saturated rings. The molecular weight excluding hydrogens is 287 g/mol. The van der Waals surface area contributed by atoms with Gasteiger partial charge in [0.15, 0.2) is 0 Å². The van der Waals surface area contributed by atoms with Crippen molar-refractivity contribution in [1.82, 2.24) is 5.32 Å². The predicted molar refractivity (Wildman–Crippen MR) is 70.2 cm³/mol. The van der Waals surface area contributed by atoms with E-state index in [9.17, 15) is 18.0 Å². The molecule has 0 spiro atoms. The highest BCUT2D eigenvalue weighted by Crippen LogP contribution is 2.28. The maximum absolute atomic E-state index is 12.1. The Labute approximate surface area is 120 Å². The van der Waals surface area contributed by atoms with E-state index in [-0.39, 0.29) is 13.0 Å². The van der Waals surface area contributed by atoms with Crippen molar-refractivity contribution in [3.05, 3.63) is 23.3 Å². The van der Waals surface area contributed by atoms with Crippen molar-refractivity contribution in [2.24, 2.45) is 0 Å². The molecule has 1 amide bonds. The summed E-state index contributed by atoms with van der Waals surface area (Å²) in [5.74, 6) is 1.27. The molecule has 0 radical (unpaired) electrons. The Hall–Kier alpha value is -2.36. The number of benzene rings is 1. The van der Waals surface area contributed by atoms with Crippen molar-refractivity contribution in [3.8, 4) is 23.8 Å². The highest BCUT2D eigenvalue weighted by Gasteiger charge is 2.38. The average Bonchev–Trinajstić information content (AvgIpc) is 2.45. The largest absolute Gasteiger partial charge is 0.496 e. The second-order valence-electron chi connectivity index (χ2n) is 4.01. The van der Waals surface area contributed by atoms with Gasteiger partial charge in [0.1, 0.15) is 11.5 Å². The summed E-state index contributed by atoms with van der Waals surface area (Å²) in [5.41, 5.74) is 1.05. The van der Waals surface area contributed by atoms with Crippen molar-refractivity contribution >= 4 is 5.91 Å². The zero-order valence-corrected chi connectivity index (χ0v) is 11.5. The number of methoxy groups -OCH3 is 2. The number of hydrogen-bond donors (Lipinski definition) is 1. The molecule has 0 unspecified atom stereocenters. The number of carbonyl (C=O) groups is 1. The number of amides is 1. The second-order valence-corrected chi connectivity index (χ2v) is 4.01. The monoisotopic (exact) mass is 301 g/mol. The molecule has 0 atom stereocenters. The lowest BCUT2D eigenvalue weighted by molar-refractivity contribution is -0.173. The number of ether oxygens (including phenoxy) is 2. The van der Waals surface area contributed by atoms with Crippen LogP contribution in [-0.2, 0) is 11.2 Å². The average molecular weight is 301 g/mol. The molecule has 0 aromatic heterocycles. The second kappa shape index (κ2) is 6.88. The summed E-state index contributed by atoms with van der Waals surface area (Å²) < 4.78 is 46.4. The standard InChI is InChI=1S/C14H14F3NO3/c1-4-9-7-12(21-3)10(8-11(9)20-2)5-6-18-13(19)14(15,16)17/h1,7-8H,5-6H2,2-3H3,(H,18,19). The fourth-order valence-electron chi connectivity index (χ4n) is 1.68. The number of halogens is 3. The van der Waals surface area contributed by atoms with Gasteiger partial charge in [-0.1, -0.05) is 5.92 Å². The molecule has 1 N–H and O–H groups in total. The number of rotatable bonds is 5. The molecule has 1 aromatic carbocycles. The minimum atomic E-state index is -4.89. The molecule has 0 aliphatic rings. The van der Waals surface area contributed by atoms with Crippen LogP contribution >= 0.6 is 0 Å². The normalized spacial score (nSPS) is 10.7. The van der Waals surface area contributed by atoms with Crippen LogP contribution in [0.25, 0.3) is 0 Å². The van der Waals surface area contributed by atoms with E-state index in [1.165, 1.54) is 14.2 Å². The SMILES string of the molecule is C#Cc1cc(OC)c(CCNC(=O)C(F)(F)F)cc1OC. The van der Waals surface area contributed by atoms with E-state index < -0.39 is 12.1 Å². The van der Waals surface area contributed by atoms with Crippen molar-refractivity contribution < 1.29 is 27.4 Å². The zero-order chi connectivity index (χ0) is 16.0. The Balaban J connectivity index is 2.84. The number of hydrogen-bond acceptors (Lipinski definition) is 3. The molecule has 21 heavy (non-hydrogen) atoms. The molecule has 114 valence electrons. The Morgan fingerprint density at radius 3 is 2.38 bits per heavy atom. The molecule has 4 nitrogen and oxygen atoms in total. The Bertz CT molecular complexity index is 562. The van der Waals surface area contributed by atoms with Crippen LogP contribution in [0.4, 0.5) is 13.2 Å². The van der Waals surface area contributed by atoms with E-state index in [4.69, 9.17) is 15.9 Å². The molecule has 0 aliphatic carbocycles. The summed E-state index contributed by atoms with van der Waals surface area (Å²) >= 11 is 0. The number of carbonyl (C=O) groups excluding carboxylic acids is 1. The first-order chi connectivity index (χ1) is 9.83. The van der Waals surface area contributed by atoms with E-state index in [1.807, 2.05) is 0 Å². The molecule has 7 heteroatoms. The van der Waals surface area contributed by atoms with Gasteiger partial charge in [-0.2, -0.15) is 13.2 Å². The highest BCUT2D eigenvalue weighted by atomic mass is 19.4. The van der Waals surface area contributed by atoms with Gasteiger partial charge in [-0.3, -0.25) is 4.79 Å². The van der Waals surface area contributed by atoms with E-state index in [1.54, 1.807) is 17.4 Å². The van der Waals surface area contributed by atoms with Gasteiger partial charge >= 0.3 is 12.1 Å². The maximum Gasteiger partial charge on any atom is 0.471 e. The van der Waals surface area contributed by atoms with Crippen LogP contribution < -0.4 is 14.8 Å². The van der Waals surface area contributed by atoms with E-state index >= 15 is 0 Å². The van der Waals surface area contributed by atoms with Gasteiger partial charge in [-0.05, 0) is 24.1 Å². The molecule has 0 saturated heterocycles. The van der Waals surface area contributed by atoms with Gasteiger partial charge < -0.3 is 14.8 Å². The first kappa shape index (κ1) is 16.7. The summed E-state index contributed by atoms with van der Waals surface area (Å²) in [5, 5.41) is 1.79. The third kappa shape index (κ3) is 4.31. The van der Waals surface area contributed by atoms with Crippen molar-refractivity contribution in [1.29, 1.82) is 0 Å². The summed E-state index contributed by atoms with van der Waals surface area (Å²) in [7, 11) is 2.85. The van der Waals surface area contributed by atoms with Crippen LogP contribution in [0.2, 0.25) is 0 Å². The van der Waals surface area contributed by atoms with Crippen LogP contribution in [0, 0.1) is 12.3 Å². The molecule has 1 aromatic rings. The number of alkyl halides is 3. The minimum absolute atomic E-state index is 0.145. The number of nitrogens with one attached hydrogen (secondary N) is 1. The van der Waals surface area contributed by atoms with Crippen molar-refractivity contribution in [2.75, 3.05) is 20.8 Å². The third-order valence-corrected chi connectivity index (χ3v) is 2.70. The number of terminal acetylenes is 1. The van der Waals surface area contributed by atoms with Crippen LogP contribution in [0.1, 0.15) is 11.1 Å². The first-order valence-electron chi connectivity index (χ1n) is 5.90. The van der Waals surface area contributed by atoms with Crippen LogP contribution in [0.5, 0.6) is 11.5 Å². The van der Waals surface area contributed by atoms with Crippen molar-refractivity contribution in [2.45, 2.75) is 12.6 Å².